The highest BCUT2D eigenvalue weighted by Crippen LogP contribution is 2.28. The Morgan fingerprint density at radius 3 is 2.43 bits per heavy atom. The minimum Gasteiger partial charge on any atom is -0.369 e. The van der Waals surface area contributed by atoms with Gasteiger partial charge in [-0.1, -0.05) is 12.8 Å². The van der Waals surface area contributed by atoms with Crippen LogP contribution in [0.15, 0.2) is 0 Å². The molecule has 1 aliphatic rings. The van der Waals surface area contributed by atoms with Crippen LogP contribution in [0, 0.1) is 5.92 Å². The topological polar surface area (TPSA) is 89.3 Å². The molecule has 0 aliphatic heterocycles. The molecule has 1 rings (SSSR count). The SMILES string of the molecule is CNS(=O)(=O)[C@@H]1CCCC[C@@H]1C(N)=O. The van der Waals surface area contributed by atoms with E-state index in [1.54, 1.807) is 0 Å². The average Bonchev–Trinajstić information content (AvgIpc) is 2.18. The zero-order chi connectivity index (χ0) is 10.8. The second-order valence-electron chi connectivity index (χ2n) is 3.58. The normalized spacial score (nSPS) is 28.6. The Morgan fingerprint density at radius 2 is 1.93 bits per heavy atom. The number of hydrogen-bond acceptors (Lipinski definition) is 3. The van der Waals surface area contributed by atoms with Gasteiger partial charge < -0.3 is 5.73 Å². The van der Waals surface area contributed by atoms with Gasteiger partial charge in [-0.15, -0.1) is 0 Å². The van der Waals surface area contributed by atoms with E-state index in [1.807, 2.05) is 0 Å². The summed E-state index contributed by atoms with van der Waals surface area (Å²) in [7, 11) is -2.00. The lowest BCUT2D eigenvalue weighted by molar-refractivity contribution is -0.122. The predicted molar refractivity (Wildman–Crippen MR) is 52.9 cm³/mol. The highest BCUT2D eigenvalue weighted by molar-refractivity contribution is 7.90. The molecule has 0 aromatic rings. The van der Waals surface area contributed by atoms with Gasteiger partial charge in [-0.05, 0) is 19.9 Å². The number of carbonyl (C=O) groups is 1. The number of amides is 1. The Hall–Kier alpha value is -0.620. The van der Waals surface area contributed by atoms with E-state index in [0.29, 0.717) is 12.8 Å². The quantitative estimate of drug-likeness (QED) is 0.677. The van der Waals surface area contributed by atoms with Gasteiger partial charge in [-0.25, -0.2) is 13.1 Å². The lowest BCUT2D eigenvalue weighted by Gasteiger charge is -2.28. The van der Waals surface area contributed by atoms with Crippen LogP contribution in [0.2, 0.25) is 0 Å². The summed E-state index contributed by atoms with van der Waals surface area (Å²) in [6.45, 7) is 0. The number of rotatable bonds is 3. The molecule has 1 amide bonds. The number of nitrogens with two attached hydrogens (primary N) is 1. The minimum absolute atomic E-state index is 0.506. The van der Waals surface area contributed by atoms with E-state index in [4.69, 9.17) is 5.73 Å². The molecule has 14 heavy (non-hydrogen) atoms. The highest BCUT2D eigenvalue weighted by atomic mass is 32.2. The highest BCUT2D eigenvalue weighted by Gasteiger charge is 2.37. The molecule has 0 aromatic carbocycles. The summed E-state index contributed by atoms with van der Waals surface area (Å²) in [4.78, 5) is 11.1. The van der Waals surface area contributed by atoms with Crippen LogP contribution < -0.4 is 10.5 Å². The van der Waals surface area contributed by atoms with Gasteiger partial charge >= 0.3 is 0 Å². The second kappa shape index (κ2) is 4.27. The van der Waals surface area contributed by atoms with Crippen molar-refractivity contribution >= 4 is 15.9 Å². The monoisotopic (exact) mass is 220 g/mol. The summed E-state index contributed by atoms with van der Waals surface area (Å²) < 4.78 is 25.4. The van der Waals surface area contributed by atoms with Crippen molar-refractivity contribution in [1.29, 1.82) is 0 Å². The van der Waals surface area contributed by atoms with Crippen molar-refractivity contribution in [1.82, 2.24) is 4.72 Å². The van der Waals surface area contributed by atoms with Crippen LogP contribution >= 0.6 is 0 Å². The molecule has 0 heterocycles. The molecular weight excluding hydrogens is 204 g/mol. The summed E-state index contributed by atoms with van der Waals surface area (Å²) in [5, 5.41) is -0.640. The molecule has 0 saturated heterocycles. The van der Waals surface area contributed by atoms with Gasteiger partial charge in [0.15, 0.2) is 0 Å². The molecule has 5 nitrogen and oxygen atoms in total. The molecule has 0 spiro atoms. The van der Waals surface area contributed by atoms with Gasteiger partial charge in [0.1, 0.15) is 0 Å². The largest absolute Gasteiger partial charge is 0.369 e. The molecule has 1 saturated carbocycles. The van der Waals surface area contributed by atoms with Crippen molar-refractivity contribution in [3.63, 3.8) is 0 Å². The lowest BCUT2D eigenvalue weighted by atomic mass is 9.88. The first-order chi connectivity index (χ1) is 6.49. The van der Waals surface area contributed by atoms with E-state index < -0.39 is 27.1 Å². The first kappa shape index (κ1) is 11.5. The second-order valence-corrected chi connectivity index (χ2v) is 5.68. The molecule has 0 aromatic heterocycles. The average molecular weight is 220 g/mol. The maximum atomic E-state index is 11.6. The van der Waals surface area contributed by atoms with Crippen molar-refractivity contribution in [2.24, 2.45) is 11.7 Å². The van der Waals surface area contributed by atoms with Crippen molar-refractivity contribution in [2.45, 2.75) is 30.9 Å². The maximum Gasteiger partial charge on any atom is 0.221 e. The van der Waals surface area contributed by atoms with Crippen molar-refractivity contribution < 1.29 is 13.2 Å². The van der Waals surface area contributed by atoms with Gasteiger partial charge in [0.2, 0.25) is 15.9 Å². The van der Waals surface area contributed by atoms with Gasteiger partial charge in [0, 0.05) is 0 Å². The van der Waals surface area contributed by atoms with Crippen molar-refractivity contribution in [3.8, 4) is 0 Å². The first-order valence-electron chi connectivity index (χ1n) is 4.70. The molecule has 0 unspecified atom stereocenters. The zero-order valence-electron chi connectivity index (χ0n) is 8.19. The molecule has 2 atom stereocenters. The lowest BCUT2D eigenvalue weighted by Crippen LogP contribution is -2.44. The molecular formula is C8H16N2O3S. The third kappa shape index (κ3) is 2.24. The predicted octanol–water partition coefficient (Wildman–Crippen LogP) is -0.420. The summed E-state index contributed by atoms with van der Waals surface area (Å²) >= 11 is 0. The van der Waals surface area contributed by atoms with E-state index in [-0.39, 0.29) is 0 Å². The molecule has 3 N–H and O–H groups in total. The molecule has 1 aliphatic carbocycles. The molecule has 6 heteroatoms. The molecule has 82 valence electrons. The van der Waals surface area contributed by atoms with Gasteiger partial charge in [-0.3, -0.25) is 4.79 Å². The molecule has 0 radical (unpaired) electrons. The standard InChI is InChI=1S/C8H16N2O3S/c1-10-14(12,13)7-5-3-2-4-6(7)8(9)11/h6-7,10H,2-5H2,1H3,(H2,9,11)/t6-,7+/m0/s1. The Bertz CT molecular complexity index is 313. The summed E-state index contributed by atoms with van der Waals surface area (Å²) in [5.41, 5.74) is 5.18. The minimum atomic E-state index is -3.37. The van der Waals surface area contributed by atoms with E-state index in [2.05, 4.69) is 4.72 Å². The van der Waals surface area contributed by atoms with Crippen LogP contribution in [0.3, 0.4) is 0 Å². The number of hydrogen-bond donors (Lipinski definition) is 2. The van der Waals surface area contributed by atoms with Crippen LogP contribution in [0.1, 0.15) is 25.7 Å². The van der Waals surface area contributed by atoms with Gasteiger partial charge in [0.25, 0.3) is 0 Å². The summed E-state index contributed by atoms with van der Waals surface area (Å²) in [5.74, 6) is -1.03. The third-order valence-electron chi connectivity index (χ3n) is 2.75. The molecule has 1 fully saturated rings. The van der Waals surface area contributed by atoms with Crippen LogP contribution in [0.5, 0.6) is 0 Å². The van der Waals surface area contributed by atoms with Crippen LogP contribution in [0.4, 0.5) is 0 Å². The fourth-order valence-corrected chi connectivity index (χ4v) is 3.43. The smallest absolute Gasteiger partial charge is 0.221 e. The number of sulfonamides is 1. The van der Waals surface area contributed by atoms with Gasteiger partial charge in [0.05, 0.1) is 11.2 Å². The van der Waals surface area contributed by atoms with E-state index >= 15 is 0 Å². The van der Waals surface area contributed by atoms with Crippen molar-refractivity contribution in [3.05, 3.63) is 0 Å². The Labute approximate surface area is 84.1 Å². The Balaban J connectivity index is 2.88. The van der Waals surface area contributed by atoms with E-state index in [1.165, 1.54) is 7.05 Å². The Kier molecular flexibility index (Phi) is 3.49. The number of nitrogens with one attached hydrogen (secondary N) is 1. The number of primary amides is 1. The van der Waals surface area contributed by atoms with Crippen molar-refractivity contribution in [2.75, 3.05) is 7.05 Å². The third-order valence-corrected chi connectivity index (χ3v) is 4.68. The fourth-order valence-electron chi connectivity index (χ4n) is 1.95. The van der Waals surface area contributed by atoms with Crippen LogP contribution in [0.25, 0.3) is 0 Å². The zero-order valence-corrected chi connectivity index (χ0v) is 9.01. The van der Waals surface area contributed by atoms with Crippen LogP contribution in [-0.4, -0.2) is 26.6 Å². The Morgan fingerprint density at radius 1 is 1.36 bits per heavy atom. The van der Waals surface area contributed by atoms with E-state index in [9.17, 15) is 13.2 Å². The van der Waals surface area contributed by atoms with Crippen LogP contribution in [-0.2, 0) is 14.8 Å². The maximum absolute atomic E-state index is 11.6. The summed E-state index contributed by atoms with van der Waals surface area (Å²) in [6.07, 6.45) is 2.83. The molecule has 0 bridgehead atoms. The number of carbonyl (C=O) groups excluding carboxylic acids is 1. The summed E-state index contributed by atoms with van der Waals surface area (Å²) in [6, 6.07) is 0. The fraction of sp³-hybridized carbons (Fsp3) is 0.875. The van der Waals surface area contributed by atoms with Gasteiger partial charge in [-0.2, -0.15) is 0 Å². The van der Waals surface area contributed by atoms with E-state index in [0.717, 1.165) is 12.8 Å². The first-order valence-corrected chi connectivity index (χ1v) is 6.25.